The molecule has 0 rings (SSSR count). The van der Waals surface area contributed by atoms with Crippen LogP contribution in [0.25, 0.3) is 0 Å². The second kappa shape index (κ2) is 9.32. The molecule has 0 aliphatic carbocycles. The molecule has 0 aromatic carbocycles. The zero-order valence-electron chi connectivity index (χ0n) is 7.97. The summed E-state index contributed by atoms with van der Waals surface area (Å²) in [4.78, 5) is 0. The van der Waals surface area contributed by atoms with Crippen molar-refractivity contribution in [1.29, 1.82) is 0 Å². The molecular formula is C8H20N2OS. The minimum Gasteiger partial charge on any atom is -0.378 e. The predicted molar refractivity (Wildman–Crippen MR) is 54.6 cm³/mol. The number of aliphatic hydroxyl groups excluding tert-OH is 1. The van der Waals surface area contributed by atoms with Gasteiger partial charge in [0.15, 0.2) is 0 Å². The highest BCUT2D eigenvalue weighted by atomic mass is 32.2. The summed E-state index contributed by atoms with van der Waals surface area (Å²) in [6.07, 6.45) is 4.65. The fourth-order valence-corrected chi connectivity index (χ4v) is 1.30. The Hall–Kier alpha value is 0.230. The van der Waals surface area contributed by atoms with Crippen molar-refractivity contribution < 1.29 is 5.11 Å². The van der Waals surface area contributed by atoms with Gasteiger partial charge in [-0.3, -0.25) is 4.72 Å². The second-order valence-corrected chi connectivity index (χ2v) is 3.58. The molecule has 4 heteroatoms. The number of unbranched alkanes of at least 4 members (excludes halogenated alkanes) is 3. The third kappa shape index (κ3) is 10.2. The molecular weight excluding hydrogens is 172 g/mol. The third-order valence-electron chi connectivity index (χ3n) is 1.43. The Morgan fingerprint density at radius 1 is 1.33 bits per heavy atom. The number of hydrogen-bond donors (Lipinski definition) is 3. The average Bonchev–Trinajstić information content (AvgIpc) is 2.02. The maximum absolute atomic E-state index is 8.82. The summed E-state index contributed by atoms with van der Waals surface area (Å²) in [5.74, 6) is 0. The SMILES string of the molecule is CCCCCCNSN[C@@H](C)O. The van der Waals surface area contributed by atoms with E-state index in [1.54, 1.807) is 6.92 Å². The van der Waals surface area contributed by atoms with E-state index in [-0.39, 0.29) is 0 Å². The summed E-state index contributed by atoms with van der Waals surface area (Å²) in [6, 6.07) is 0. The van der Waals surface area contributed by atoms with Crippen molar-refractivity contribution in [2.45, 2.75) is 45.8 Å². The van der Waals surface area contributed by atoms with E-state index in [0.29, 0.717) is 0 Å². The molecule has 0 saturated carbocycles. The Bertz CT molecular complexity index is 91.1. The van der Waals surface area contributed by atoms with Crippen LogP contribution in [0, 0.1) is 0 Å². The highest BCUT2D eigenvalue weighted by molar-refractivity contribution is 7.95. The fourth-order valence-electron chi connectivity index (χ4n) is 0.802. The largest absolute Gasteiger partial charge is 0.378 e. The van der Waals surface area contributed by atoms with Crippen molar-refractivity contribution in [3.63, 3.8) is 0 Å². The molecule has 0 aromatic heterocycles. The Balaban J connectivity index is 2.82. The van der Waals surface area contributed by atoms with Crippen molar-refractivity contribution in [1.82, 2.24) is 9.44 Å². The van der Waals surface area contributed by atoms with Gasteiger partial charge in [-0.25, -0.2) is 4.72 Å². The molecule has 0 aliphatic heterocycles. The summed E-state index contributed by atoms with van der Waals surface area (Å²) in [5.41, 5.74) is 0. The monoisotopic (exact) mass is 192 g/mol. The number of aliphatic hydroxyl groups is 1. The van der Waals surface area contributed by atoms with Crippen LogP contribution in [0.5, 0.6) is 0 Å². The van der Waals surface area contributed by atoms with Crippen LogP contribution in [0.4, 0.5) is 0 Å². The first-order valence-corrected chi connectivity index (χ1v) is 5.41. The molecule has 0 saturated heterocycles. The maximum Gasteiger partial charge on any atom is 0.111 e. The standard InChI is InChI=1S/C8H20N2OS/c1-3-4-5-6-7-9-12-10-8(2)11/h8-11H,3-7H2,1-2H3/t8-/m1/s1. The second-order valence-electron chi connectivity index (χ2n) is 2.85. The van der Waals surface area contributed by atoms with Crippen molar-refractivity contribution >= 4 is 12.1 Å². The molecule has 0 bridgehead atoms. The lowest BCUT2D eigenvalue weighted by atomic mass is 10.2. The van der Waals surface area contributed by atoms with Gasteiger partial charge < -0.3 is 5.11 Å². The maximum atomic E-state index is 8.82. The van der Waals surface area contributed by atoms with E-state index in [0.717, 1.165) is 6.54 Å². The molecule has 1 atom stereocenters. The van der Waals surface area contributed by atoms with Crippen molar-refractivity contribution in [3.8, 4) is 0 Å². The number of hydrogen-bond acceptors (Lipinski definition) is 4. The lowest BCUT2D eigenvalue weighted by molar-refractivity contribution is 0.187. The van der Waals surface area contributed by atoms with E-state index in [2.05, 4.69) is 16.4 Å². The van der Waals surface area contributed by atoms with Crippen LogP contribution >= 0.6 is 12.1 Å². The molecule has 0 amide bonds. The van der Waals surface area contributed by atoms with E-state index in [1.165, 1.54) is 37.8 Å². The molecule has 3 nitrogen and oxygen atoms in total. The lowest BCUT2D eigenvalue weighted by Gasteiger charge is -2.06. The lowest BCUT2D eigenvalue weighted by Crippen LogP contribution is -2.23. The minimum atomic E-state index is -0.446. The molecule has 74 valence electrons. The van der Waals surface area contributed by atoms with Gasteiger partial charge in [0.25, 0.3) is 0 Å². The molecule has 3 N–H and O–H groups in total. The third-order valence-corrected chi connectivity index (χ3v) is 2.24. The average molecular weight is 192 g/mol. The minimum absolute atomic E-state index is 0.446. The van der Waals surface area contributed by atoms with Gasteiger partial charge in [-0.1, -0.05) is 26.2 Å². The van der Waals surface area contributed by atoms with Crippen LogP contribution in [0.15, 0.2) is 0 Å². The molecule has 0 aromatic rings. The number of nitrogens with one attached hydrogen (secondary N) is 2. The molecule has 0 fully saturated rings. The zero-order chi connectivity index (χ0) is 9.23. The predicted octanol–water partition coefficient (Wildman–Crippen LogP) is 1.65. The topological polar surface area (TPSA) is 44.3 Å². The fraction of sp³-hybridized carbons (Fsp3) is 1.00. The molecule has 0 heterocycles. The molecule has 0 spiro atoms. The smallest absolute Gasteiger partial charge is 0.111 e. The quantitative estimate of drug-likeness (QED) is 0.311. The van der Waals surface area contributed by atoms with Gasteiger partial charge in [-0.15, -0.1) is 0 Å². The summed E-state index contributed by atoms with van der Waals surface area (Å²) in [5, 5.41) is 8.82. The van der Waals surface area contributed by atoms with E-state index in [4.69, 9.17) is 5.11 Å². The summed E-state index contributed by atoms with van der Waals surface area (Å²) >= 11 is 1.37. The van der Waals surface area contributed by atoms with E-state index < -0.39 is 6.23 Å². The molecule has 0 radical (unpaired) electrons. The van der Waals surface area contributed by atoms with Crippen molar-refractivity contribution in [2.24, 2.45) is 0 Å². The highest BCUT2D eigenvalue weighted by Gasteiger charge is 1.92. The van der Waals surface area contributed by atoms with Crippen molar-refractivity contribution in [2.75, 3.05) is 6.54 Å². The normalized spacial score (nSPS) is 13.2. The van der Waals surface area contributed by atoms with Gasteiger partial charge in [0, 0.05) is 18.7 Å². The summed E-state index contributed by atoms with van der Waals surface area (Å²) in [6.45, 7) is 4.91. The van der Waals surface area contributed by atoms with Gasteiger partial charge in [-0.05, 0) is 13.3 Å². The first-order chi connectivity index (χ1) is 5.77. The van der Waals surface area contributed by atoms with Gasteiger partial charge in [0.1, 0.15) is 6.23 Å². The van der Waals surface area contributed by atoms with Crippen LogP contribution in [-0.4, -0.2) is 17.9 Å². The first kappa shape index (κ1) is 12.2. The van der Waals surface area contributed by atoms with Gasteiger partial charge in [0.2, 0.25) is 0 Å². The van der Waals surface area contributed by atoms with Crippen molar-refractivity contribution in [3.05, 3.63) is 0 Å². The van der Waals surface area contributed by atoms with Crippen LogP contribution < -0.4 is 9.44 Å². The van der Waals surface area contributed by atoms with Gasteiger partial charge in [0.05, 0.1) is 0 Å². The van der Waals surface area contributed by atoms with Gasteiger partial charge >= 0.3 is 0 Å². The van der Waals surface area contributed by atoms with Crippen LogP contribution in [0.3, 0.4) is 0 Å². The summed E-state index contributed by atoms with van der Waals surface area (Å²) < 4.78 is 5.92. The zero-order valence-corrected chi connectivity index (χ0v) is 8.78. The van der Waals surface area contributed by atoms with Gasteiger partial charge in [-0.2, -0.15) is 0 Å². The number of rotatable bonds is 8. The Labute approximate surface area is 79.6 Å². The molecule has 0 aliphatic rings. The Morgan fingerprint density at radius 3 is 2.67 bits per heavy atom. The van der Waals surface area contributed by atoms with Crippen LogP contribution in [0.2, 0.25) is 0 Å². The molecule has 0 unspecified atom stereocenters. The van der Waals surface area contributed by atoms with E-state index in [9.17, 15) is 0 Å². The Kier molecular flexibility index (Phi) is 9.50. The highest BCUT2D eigenvalue weighted by Crippen LogP contribution is 1.98. The Morgan fingerprint density at radius 2 is 2.08 bits per heavy atom. The van der Waals surface area contributed by atoms with E-state index >= 15 is 0 Å². The summed E-state index contributed by atoms with van der Waals surface area (Å²) in [7, 11) is 0. The first-order valence-electron chi connectivity index (χ1n) is 4.59. The van der Waals surface area contributed by atoms with Crippen LogP contribution in [0.1, 0.15) is 39.5 Å². The van der Waals surface area contributed by atoms with Crippen LogP contribution in [-0.2, 0) is 0 Å². The molecule has 12 heavy (non-hydrogen) atoms. The van der Waals surface area contributed by atoms with E-state index in [1.807, 2.05) is 0 Å².